The topological polar surface area (TPSA) is 346 Å². The molecule has 0 aliphatic rings. The minimum atomic E-state index is -2.92. The minimum Gasteiger partial charge on any atom is -0.907 e. The van der Waals surface area contributed by atoms with E-state index in [1.165, 1.54) is 0 Å². The van der Waals surface area contributed by atoms with E-state index in [1.54, 1.807) is 0 Å². The molecule has 0 radical (unpaired) electrons. The molecule has 0 fully saturated rings. The molecule has 0 saturated heterocycles. The van der Waals surface area contributed by atoms with Crippen LogP contribution in [0.15, 0.2) is 0 Å². The van der Waals surface area contributed by atoms with Crippen LogP contribution in [0.5, 0.6) is 0 Å². The fraction of sp³-hybridized carbons (Fsp3) is 0. The first-order chi connectivity index (χ1) is 8.66. The van der Waals surface area contributed by atoms with Crippen molar-refractivity contribution < 1.29 is 203 Å². The van der Waals surface area contributed by atoms with Gasteiger partial charge < -0.3 is 75.4 Å². The Bertz CT molecular complexity index is 112. The minimum absolute atomic E-state index is 0. The third-order valence-corrected chi connectivity index (χ3v) is 0. The summed E-state index contributed by atoms with van der Waals surface area (Å²) in [5.74, 6) is 0. The molecule has 0 spiro atoms. The van der Waals surface area contributed by atoms with Crippen LogP contribution in [0.1, 0.15) is 0 Å². The van der Waals surface area contributed by atoms with Gasteiger partial charge >= 0.3 is 189 Å². The molecule has 0 heterocycles. The van der Waals surface area contributed by atoms with Gasteiger partial charge in [0, 0.05) is 0 Å². The maximum Gasteiger partial charge on any atom is 2.00 e. The molecule has 29 heavy (non-hydrogen) atoms. The molecule has 0 rings (SSSR count). The maximum absolute atomic E-state index is 8.42. The summed E-state index contributed by atoms with van der Waals surface area (Å²) in [6.45, 7) is 0. The fourth-order valence-corrected chi connectivity index (χ4v) is 0. The summed E-state index contributed by atoms with van der Waals surface area (Å²) >= 11 is 0. The second-order valence-corrected chi connectivity index (χ2v) is 1.44. The molecule has 0 unspecified atom stereocenters. The standard InChI is InChI=1S/5BO3.6Be.Cs.2Na/c5*2-1(3)4;;;;;;;;;/q5*-3;6*+2;3*+1. The van der Waals surface area contributed by atoms with Crippen molar-refractivity contribution in [2.75, 3.05) is 0 Å². The SMILES string of the molecule is [Be+2].[Be+2].[Be+2].[Be+2].[Be+2].[Be+2].[Cs+].[Na+].[Na+].[O-]B([O-])[O-].[O-]B([O-])[O-].[O-]B([O-])[O-].[O-]B([O-])[O-].[O-]B([O-])[O-]. The maximum atomic E-state index is 8.42. The van der Waals surface area contributed by atoms with E-state index in [-0.39, 0.29) is 189 Å². The molecule has 0 aliphatic heterocycles. The Morgan fingerprint density at radius 2 is 0.241 bits per heavy atom. The van der Waals surface area contributed by atoms with Crippen molar-refractivity contribution in [3.63, 3.8) is 0 Å². The summed E-state index contributed by atoms with van der Waals surface area (Å²) in [7, 11) is -14.6. The van der Waals surface area contributed by atoms with Crippen LogP contribution in [-0.2, 0) is 0 Å². The van der Waals surface area contributed by atoms with Crippen molar-refractivity contribution in [2.24, 2.45) is 0 Å². The molecule has 0 amide bonds. The zero-order valence-electron chi connectivity index (χ0n) is 16.3. The van der Waals surface area contributed by atoms with E-state index >= 15 is 0 Å². The third-order valence-electron chi connectivity index (χ3n) is 0. The Hall–Kier alpha value is 4.79. The van der Waals surface area contributed by atoms with Crippen LogP contribution in [0.3, 0.4) is 0 Å². The number of rotatable bonds is 0. The zero-order valence-corrected chi connectivity index (χ0v) is 26.5. The van der Waals surface area contributed by atoms with Gasteiger partial charge in [-0.15, -0.1) is 0 Å². The van der Waals surface area contributed by atoms with Crippen LogP contribution in [-0.4, -0.2) is 97.3 Å². The van der Waals surface area contributed by atoms with Gasteiger partial charge in [0.1, 0.15) is 0 Å². The summed E-state index contributed by atoms with van der Waals surface area (Å²) in [4.78, 5) is 0. The molecular weight excluding hydrogens is 527 g/mol. The van der Waals surface area contributed by atoms with Crippen molar-refractivity contribution in [3.05, 3.63) is 0 Å². The summed E-state index contributed by atoms with van der Waals surface area (Å²) in [5.41, 5.74) is 0. The molecule has 0 atom stereocenters. The van der Waals surface area contributed by atoms with Crippen molar-refractivity contribution in [1.29, 1.82) is 0 Å². The molecule has 0 saturated carbocycles. The predicted octanol–water partition coefficient (Wildman–Crippen LogP) is -31.0. The van der Waals surface area contributed by atoms with Gasteiger partial charge in [-0.05, 0) is 0 Å². The van der Waals surface area contributed by atoms with Crippen molar-refractivity contribution in [2.45, 2.75) is 0 Å². The smallest absolute Gasteiger partial charge is 0.907 e. The predicted molar refractivity (Wildman–Crippen MR) is 63.3 cm³/mol. The summed E-state index contributed by atoms with van der Waals surface area (Å²) < 4.78 is 0. The Morgan fingerprint density at radius 3 is 0.241 bits per heavy atom. The van der Waals surface area contributed by atoms with Crippen LogP contribution in [0, 0.1) is 0 Å². The van der Waals surface area contributed by atoms with E-state index in [0.717, 1.165) is 0 Å². The van der Waals surface area contributed by atoms with Crippen molar-refractivity contribution in [1.82, 2.24) is 0 Å². The normalized spacial score (nSPS) is 4.66. The average molecular weight is 527 g/mol. The molecule has 0 N–H and O–H groups in total. The van der Waals surface area contributed by atoms with Gasteiger partial charge in [-0.25, -0.2) is 0 Å². The Balaban J connectivity index is -0.00000000750. The molecule has 0 bridgehead atoms. The Kier molecular flexibility index (Phi) is 271. The Morgan fingerprint density at radius 1 is 0.241 bits per heavy atom. The second kappa shape index (κ2) is 84.6. The van der Waals surface area contributed by atoms with Crippen LogP contribution < -0.4 is 203 Å². The fourth-order valence-electron chi connectivity index (χ4n) is 0. The van der Waals surface area contributed by atoms with E-state index in [0.29, 0.717) is 0 Å². The second-order valence-electron chi connectivity index (χ2n) is 1.44. The van der Waals surface area contributed by atoms with Crippen LogP contribution >= 0.6 is 0 Å². The van der Waals surface area contributed by atoms with Gasteiger partial charge in [-0.1, -0.05) is 0 Å². The van der Waals surface area contributed by atoms with E-state index in [1.807, 2.05) is 0 Å². The van der Waals surface area contributed by atoms with Gasteiger partial charge in [0.25, 0.3) is 0 Å². The quantitative estimate of drug-likeness (QED) is 0.264. The molecule has 0 aliphatic carbocycles. The average Bonchev–Trinajstić information content (AvgIpc) is 1.94. The summed E-state index contributed by atoms with van der Waals surface area (Å²) in [5, 5.41) is 126. The monoisotopic (exact) mass is 528 g/mol. The first kappa shape index (κ1) is 92.8. The number of hydrogen-bond acceptors (Lipinski definition) is 15. The molecule has 120 valence electrons. The zero-order chi connectivity index (χ0) is 17.9. The number of hydrogen-bond donors (Lipinski definition) is 0. The van der Waals surface area contributed by atoms with Gasteiger partial charge in [0.2, 0.25) is 0 Å². The first-order valence-corrected chi connectivity index (χ1v) is 3.54. The molecular formula is B5Be6CsNa2O15. The molecule has 0 aromatic carbocycles. The van der Waals surface area contributed by atoms with Crippen LogP contribution in [0.25, 0.3) is 0 Å². The van der Waals surface area contributed by atoms with E-state index in [2.05, 4.69) is 0 Å². The molecule has 0 aromatic rings. The van der Waals surface area contributed by atoms with E-state index < -0.39 is 36.6 Å². The van der Waals surface area contributed by atoms with Crippen molar-refractivity contribution >= 4 is 97.3 Å². The van der Waals surface area contributed by atoms with Gasteiger partial charge in [0.15, 0.2) is 0 Å². The molecule has 15 nitrogen and oxygen atoms in total. The van der Waals surface area contributed by atoms with Gasteiger partial charge in [-0.2, -0.15) is 0 Å². The molecule has 29 heteroatoms. The summed E-state index contributed by atoms with van der Waals surface area (Å²) in [6.07, 6.45) is 0. The first-order valence-electron chi connectivity index (χ1n) is 3.54. The van der Waals surface area contributed by atoms with E-state index in [4.69, 9.17) is 75.4 Å². The molecule has 0 aromatic heterocycles. The largest absolute Gasteiger partial charge is 2.00 e. The van der Waals surface area contributed by atoms with Gasteiger partial charge in [-0.3, -0.25) is 36.6 Å². The van der Waals surface area contributed by atoms with Crippen LogP contribution in [0.2, 0.25) is 0 Å². The van der Waals surface area contributed by atoms with E-state index in [9.17, 15) is 0 Å². The summed E-state index contributed by atoms with van der Waals surface area (Å²) in [6, 6.07) is 0. The third kappa shape index (κ3) is 1360. The van der Waals surface area contributed by atoms with Crippen LogP contribution in [0.4, 0.5) is 0 Å². The van der Waals surface area contributed by atoms with Crippen molar-refractivity contribution in [3.8, 4) is 0 Å². The van der Waals surface area contributed by atoms with Gasteiger partial charge in [0.05, 0.1) is 0 Å². The Labute approximate surface area is 295 Å².